The fourth-order valence-electron chi connectivity index (χ4n) is 1.62. The van der Waals surface area contributed by atoms with Gasteiger partial charge in [-0.05, 0) is 18.2 Å². The molecular weight excluding hydrogens is 361 g/mol. The van der Waals surface area contributed by atoms with Gasteiger partial charge >= 0.3 is 5.97 Å². The van der Waals surface area contributed by atoms with E-state index in [0.717, 1.165) is 6.07 Å². The van der Waals surface area contributed by atoms with Gasteiger partial charge in [0.15, 0.2) is 6.61 Å². The number of benzene rings is 1. The maximum atomic E-state index is 11.8. The fourth-order valence-corrected chi connectivity index (χ4v) is 1.95. The van der Waals surface area contributed by atoms with Crippen LogP contribution in [-0.4, -0.2) is 28.4 Å². The second-order valence-corrected chi connectivity index (χ2v) is 5.21. The average Bonchev–Trinajstić information content (AvgIpc) is 2.55. The lowest BCUT2D eigenvalue weighted by atomic mass is 10.3. The van der Waals surface area contributed by atoms with E-state index in [2.05, 4.69) is 10.3 Å². The van der Waals surface area contributed by atoms with Crippen LogP contribution >= 0.6 is 23.2 Å². The number of nitrogens with zero attached hydrogens (tertiary/aromatic N) is 2. The van der Waals surface area contributed by atoms with Crippen molar-refractivity contribution < 1.29 is 19.2 Å². The molecule has 24 heavy (non-hydrogen) atoms. The number of nitro groups is 1. The summed E-state index contributed by atoms with van der Waals surface area (Å²) in [7, 11) is 0. The van der Waals surface area contributed by atoms with Crippen LogP contribution in [0.2, 0.25) is 10.2 Å². The van der Waals surface area contributed by atoms with E-state index in [1.807, 2.05) is 0 Å². The van der Waals surface area contributed by atoms with Crippen LogP contribution in [0.4, 0.5) is 11.4 Å². The van der Waals surface area contributed by atoms with Crippen LogP contribution in [0.5, 0.6) is 0 Å². The molecule has 0 saturated carbocycles. The molecule has 0 spiro atoms. The van der Waals surface area contributed by atoms with E-state index >= 15 is 0 Å². The highest BCUT2D eigenvalue weighted by molar-refractivity contribution is 6.34. The third-order valence-electron chi connectivity index (χ3n) is 2.74. The summed E-state index contributed by atoms with van der Waals surface area (Å²) in [6, 6.07) is 6.39. The molecule has 0 unspecified atom stereocenters. The number of non-ortho nitro benzene ring substituents is 1. The zero-order valence-electron chi connectivity index (χ0n) is 11.9. The zero-order valence-corrected chi connectivity index (χ0v) is 13.4. The Morgan fingerprint density at radius 2 is 2.00 bits per heavy atom. The zero-order chi connectivity index (χ0) is 17.7. The maximum absolute atomic E-state index is 11.8. The normalized spacial score (nSPS) is 10.1. The number of hydrogen-bond acceptors (Lipinski definition) is 6. The Balaban J connectivity index is 1.92. The van der Waals surface area contributed by atoms with Crippen molar-refractivity contribution in [2.75, 3.05) is 11.9 Å². The van der Waals surface area contributed by atoms with Crippen molar-refractivity contribution in [2.24, 2.45) is 0 Å². The molecule has 124 valence electrons. The minimum atomic E-state index is -0.746. The fraction of sp³-hybridized carbons (Fsp3) is 0.0714. The van der Waals surface area contributed by atoms with Gasteiger partial charge in [0.2, 0.25) is 0 Å². The average molecular weight is 370 g/mol. The molecule has 0 fully saturated rings. The number of carbonyl (C=O) groups is 2. The number of rotatable bonds is 5. The Morgan fingerprint density at radius 1 is 1.25 bits per heavy atom. The molecule has 1 amide bonds. The first kappa shape index (κ1) is 17.6. The minimum Gasteiger partial charge on any atom is -0.452 e. The number of pyridine rings is 1. The van der Waals surface area contributed by atoms with E-state index in [4.69, 9.17) is 27.9 Å². The highest BCUT2D eigenvalue weighted by atomic mass is 35.5. The lowest BCUT2D eigenvalue weighted by molar-refractivity contribution is -0.384. The molecule has 8 nitrogen and oxygen atoms in total. The van der Waals surface area contributed by atoms with Crippen molar-refractivity contribution in [3.8, 4) is 0 Å². The summed E-state index contributed by atoms with van der Waals surface area (Å²) in [6.07, 6.45) is 1.22. The lowest BCUT2D eigenvalue weighted by Gasteiger charge is -2.08. The van der Waals surface area contributed by atoms with E-state index in [1.54, 1.807) is 0 Å². The van der Waals surface area contributed by atoms with Gasteiger partial charge in [-0.3, -0.25) is 14.9 Å². The summed E-state index contributed by atoms with van der Waals surface area (Å²) in [4.78, 5) is 37.2. The van der Waals surface area contributed by atoms with Crippen LogP contribution in [-0.2, 0) is 9.53 Å². The molecule has 1 aromatic carbocycles. The van der Waals surface area contributed by atoms with Crippen LogP contribution in [0, 0.1) is 10.1 Å². The van der Waals surface area contributed by atoms with Gasteiger partial charge in [-0.2, -0.15) is 0 Å². The van der Waals surface area contributed by atoms with Crippen LogP contribution in [0.15, 0.2) is 36.5 Å². The van der Waals surface area contributed by atoms with Crippen molar-refractivity contribution in [3.05, 3.63) is 62.4 Å². The smallest absolute Gasteiger partial charge is 0.340 e. The summed E-state index contributed by atoms with van der Waals surface area (Å²) in [5.41, 5.74) is 0.0942. The summed E-state index contributed by atoms with van der Waals surface area (Å²) in [6.45, 7) is -0.561. The predicted octanol–water partition coefficient (Wildman–Crippen LogP) is 3.09. The Hall–Kier alpha value is -2.71. The first-order valence-corrected chi connectivity index (χ1v) is 7.15. The number of nitrogens with one attached hydrogen (secondary N) is 1. The third-order valence-corrected chi connectivity index (χ3v) is 3.27. The van der Waals surface area contributed by atoms with Gasteiger partial charge in [-0.15, -0.1) is 0 Å². The van der Waals surface area contributed by atoms with Crippen molar-refractivity contribution in [3.63, 3.8) is 0 Å². The second-order valence-electron chi connectivity index (χ2n) is 4.42. The third kappa shape index (κ3) is 4.64. The summed E-state index contributed by atoms with van der Waals surface area (Å²) < 4.78 is 4.82. The summed E-state index contributed by atoms with van der Waals surface area (Å²) in [5.74, 6) is -1.40. The minimum absolute atomic E-state index is 0.00854. The summed E-state index contributed by atoms with van der Waals surface area (Å²) >= 11 is 11.4. The van der Waals surface area contributed by atoms with E-state index in [-0.39, 0.29) is 27.1 Å². The Labute approximate surface area is 145 Å². The van der Waals surface area contributed by atoms with Gasteiger partial charge in [0, 0.05) is 18.3 Å². The van der Waals surface area contributed by atoms with Crippen LogP contribution < -0.4 is 5.32 Å². The molecule has 0 saturated heterocycles. The molecule has 0 aliphatic heterocycles. The van der Waals surface area contributed by atoms with Crippen molar-refractivity contribution in [1.29, 1.82) is 0 Å². The van der Waals surface area contributed by atoms with Gasteiger partial charge in [0.25, 0.3) is 11.6 Å². The van der Waals surface area contributed by atoms with Gasteiger partial charge < -0.3 is 10.1 Å². The molecule has 2 rings (SSSR count). The van der Waals surface area contributed by atoms with E-state index in [0.29, 0.717) is 0 Å². The van der Waals surface area contributed by atoms with Gasteiger partial charge in [-0.1, -0.05) is 23.2 Å². The highest BCUT2D eigenvalue weighted by Gasteiger charge is 2.14. The first-order valence-electron chi connectivity index (χ1n) is 6.39. The molecule has 0 aliphatic rings. The topological polar surface area (TPSA) is 111 Å². The standard InChI is InChI=1S/C14H9Cl2N3O5/c15-10-5-9(19(22)23)2-3-11(10)18-13(20)7-24-14(21)8-1-4-12(16)17-6-8/h1-6H,7H2,(H,18,20). The molecular formula is C14H9Cl2N3O5. The molecule has 0 radical (unpaired) electrons. The van der Waals surface area contributed by atoms with Gasteiger partial charge in [0.1, 0.15) is 5.15 Å². The molecule has 1 N–H and O–H groups in total. The Morgan fingerprint density at radius 3 is 2.58 bits per heavy atom. The van der Waals surface area contributed by atoms with E-state index < -0.39 is 23.4 Å². The SMILES string of the molecule is O=C(COC(=O)c1ccc(Cl)nc1)Nc1ccc([N+](=O)[O-])cc1Cl. The number of hydrogen-bond donors (Lipinski definition) is 1. The van der Waals surface area contributed by atoms with Crippen LogP contribution in [0.1, 0.15) is 10.4 Å². The van der Waals surface area contributed by atoms with Crippen LogP contribution in [0.3, 0.4) is 0 Å². The monoisotopic (exact) mass is 369 g/mol. The predicted molar refractivity (Wildman–Crippen MR) is 86.3 cm³/mol. The summed E-state index contributed by atoms with van der Waals surface area (Å²) in [5, 5.41) is 13.2. The van der Waals surface area contributed by atoms with E-state index in [1.165, 1.54) is 30.5 Å². The first-order chi connectivity index (χ1) is 11.4. The molecule has 1 heterocycles. The van der Waals surface area contributed by atoms with Gasteiger partial charge in [0.05, 0.1) is 21.2 Å². The number of esters is 1. The molecule has 10 heteroatoms. The quantitative estimate of drug-likeness (QED) is 0.375. The number of aromatic nitrogens is 1. The molecule has 2 aromatic rings. The number of halogens is 2. The second kappa shape index (κ2) is 7.71. The number of anilines is 1. The van der Waals surface area contributed by atoms with Crippen molar-refractivity contribution >= 4 is 46.5 Å². The number of carbonyl (C=O) groups excluding carboxylic acids is 2. The molecule has 1 aromatic heterocycles. The lowest BCUT2D eigenvalue weighted by Crippen LogP contribution is -2.21. The number of ether oxygens (including phenoxy) is 1. The van der Waals surface area contributed by atoms with Crippen molar-refractivity contribution in [1.82, 2.24) is 4.98 Å². The number of nitro benzene ring substituents is 1. The molecule has 0 bridgehead atoms. The van der Waals surface area contributed by atoms with Crippen LogP contribution in [0.25, 0.3) is 0 Å². The van der Waals surface area contributed by atoms with Crippen molar-refractivity contribution in [2.45, 2.75) is 0 Å². The molecule has 0 atom stereocenters. The highest BCUT2D eigenvalue weighted by Crippen LogP contribution is 2.26. The Bertz CT molecular complexity index is 795. The van der Waals surface area contributed by atoms with Gasteiger partial charge in [-0.25, -0.2) is 9.78 Å². The number of amides is 1. The maximum Gasteiger partial charge on any atom is 0.340 e. The van der Waals surface area contributed by atoms with E-state index in [9.17, 15) is 19.7 Å². The Kier molecular flexibility index (Phi) is 5.67. The molecule has 0 aliphatic carbocycles. The largest absolute Gasteiger partial charge is 0.452 e.